The van der Waals surface area contributed by atoms with Crippen molar-refractivity contribution >= 4 is 34.3 Å². The average molecular weight is 398 g/mol. The first-order chi connectivity index (χ1) is 13.5. The molecule has 0 bridgehead atoms. The van der Waals surface area contributed by atoms with E-state index in [4.69, 9.17) is 4.74 Å². The second kappa shape index (κ2) is 9.03. The Bertz CT molecular complexity index is 1030. The fourth-order valence-electron chi connectivity index (χ4n) is 2.90. The molecular weight excluding hydrogens is 374 g/mol. The Morgan fingerprint density at radius 3 is 2.64 bits per heavy atom. The van der Waals surface area contributed by atoms with Gasteiger partial charge in [0.05, 0.1) is 29.3 Å². The van der Waals surface area contributed by atoms with Crippen LogP contribution in [0.15, 0.2) is 58.5 Å². The lowest BCUT2D eigenvalue weighted by Crippen LogP contribution is -2.29. The van der Waals surface area contributed by atoms with E-state index in [0.717, 1.165) is 11.3 Å². The predicted molar refractivity (Wildman–Crippen MR) is 113 cm³/mol. The molecule has 1 atom stereocenters. The third-order valence-corrected chi connectivity index (χ3v) is 5.24. The molecule has 3 rings (SSSR count). The zero-order chi connectivity index (χ0) is 20.1. The van der Waals surface area contributed by atoms with Gasteiger partial charge in [-0.3, -0.25) is 14.2 Å². The van der Waals surface area contributed by atoms with Gasteiger partial charge in [0.1, 0.15) is 0 Å². The van der Waals surface area contributed by atoms with Crippen molar-refractivity contribution in [1.82, 2.24) is 9.55 Å². The fourth-order valence-corrected chi connectivity index (χ4v) is 3.79. The number of thioether (sulfide) groups is 1. The third-order valence-electron chi connectivity index (χ3n) is 4.29. The normalized spacial score (nSPS) is 12.1. The Balaban J connectivity index is 1.84. The maximum atomic E-state index is 13.0. The Hall–Kier alpha value is -2.64. The highest BCUT2D eigenvalue weighted by Gasteiger charge is 2.17. The number of nitrogens with one attached hydrogen (secondary N) is 1. The van der Waals surface area contributed by atoms with Gasteiger partial charge in [-0.1, -0.05) is 41.6 Å². The minimum Gasteiger partial charge on any atom is -0.383 e. The first-order valence-electron chi connectivity index (χ1n) is 8.99. The van der Waals surface area contributed by atoms with E-state index >= 15 is 0 Å². The van der Waals surface area contributed by atoms with E-state index in [1.54, 1.807) is 23.8 Å². The van der Waals surface area contributed by atoms with E-state index in [1.807, 2.05) is 50.2 Å². The number of carbonyl (C=O) groups is 1. The van der Waals surface area contributed by atoms with Crippen LogP contribution in [0.25, 0.3) is 10.9 Å². The van der Waals surface area contributed by atoms with Crippen molar-refractivity contribution in [3.63, 3.8) is 0 Å². The number of fused-ring (bicyclic) bond motifs is 1. The predicted octanol–water partition coefficient (Wildman–Crippen LogP) is 3.64. The second-order valence-electron chi connectivity index (χ2n) is 6.59. The smallest absolute Gasteiger partial charge is 0.262 e. The quantitative estimate of drug-likeness (QED) is 0.487. The summed E-state index contributed by atoms with van der Waals surface area (Å²) in [5, 5.41) is 3.93. The number of hydrogen-bond acceptors (Lipinski definition) is 5. The van der Waals surface area contributed by atoms with Gasteiger partial charge in [-0.05, 0) is 38.1 Å². The van der Waals surface area contributed by atoms with Crippen LogP contribution in [0.3, 0.4) is 0 Å². The molecule has 0 aliphatic carbocycles. The Kier molecular flexibility index (Phi) is 6.49. The van der Waals surface area contributed by atoms with Gasteiger partial charge in [-0.2, -0.15) is 0 Å². The Labute approximate surface area is 167 Å². The third kappa shape index (κ3) is 4.61. The molecule has 6 nitrogen and oxygen atoms in total. The lowest BCUT2D eigenvalue weighted by atomic mass is 10.2. The molecule has 146 valence electrons. The van der Waals surface area contributed by atoms with Gasteiger partial charge >= 0.3 is 0 Å². The van der Waals surface area contributed by atoms with Crippen LogP contribution >= 0.6 is 11.8 Å². The van der Waals surface area contributed by atoms with Gasteiger partial charge in [0.25, 0.3) is 5.56 Å². The van der Waals surface area contributed by atoms with E-state index in [0.29, 0.717) is 22.7 Å². The zero-order valence-electron chi connectivity index (χ0n) is 16.1. The monoisotopic (exact) mass is 397 g/mol. The zero-order valence-corrected chi connectivity index (χ0v) is 17.0. The molecular formula is C21H23N3O3S. The van der Waals surface area contributed by atoms with Crippen molar-refractivity contribution in [2.75, 3.05) is 24.8 Å². The average Bonchev–Trinajstić information content (AvgIpc) is 2.68. The Morgan fingerprint density at radius 2 is 1.93 bits per heavy atom. The summed E-state index contributed by atoms with van der Waals surface area (Å²) in [5.41, 5.74) is 2.36. The number of carbonyl (C=O) groups excluding carboxylic acids is 1. The molecule has 1 N–H and O–H groups in total. The van der Waals surface area contributed by atoms with Crippen LogP contribution in [0.4, 0.5) is 5.69 Å². The summed E-state index contributed by atoms with van der Waals surface area (Å²) in [5.74, 6) is 0.000414. The summed E-state index contributed by atoms with van der Waals surface area (Å²) >= 11 is 1.24. The number of ether oxygens (including phenoxy) is 1. The van der Waals surface area contributed by atoms with Crippen LogP contribution in [-0.2, 0) is 9.53 Å². The number of benzene rings is 2. The van der Waals surface area contributed by atoms with Crippen molar-refractivity contribution in [1.29, 1.82) is 0 Å². The van der Waals surface area contributed by atoms with Crippen molar-refractivity contribution in [2.24, 2.45) is 0 Å². The molecule has 2 aromatic carbocycles. The van der Waals surface area contributed by atoms with Crippen LogP contribution in [0.1, 0.15) is 18.5 Å². The van der Waals surface area contributed by atoms with Gasteiger partial charge < -0.3 is 10.1 Å². The SMILES string of the molecule is COC[C@H](C)n1c(SCC(=O)Nc2ccc(C)cc2)nc2ccccc2c1=O. The van der Waals surface area contributed by atoms with Crippen LogP contribution in [0.2, 0.25) is 0 Å². The highest BCUT2D eigenvalue weighted by atomic mass is 32.2. The van der Waals surface area contributed by atoms with Gasteiger partial charge in [0.15, 0.2) is 5.16 Å². The molecule has 0 aliphatic heterocycles. The summed E-state index contributed by atoms with van der Waals surface area (Å²) in [6, 6.07) is 14.6. The van der Waals surface area contributed by atoms with Crippen LogP contribution in [-0.4, -0.2) is 34.9 Å². The molecule has 7 heteroatoms. The topological polar surface area (TPSA) is 73.2 Å². The number of amides is 1. The molecule has 1 amide bonds. The van der Waals surface area contributed by atoms with Gasteiger partial charge in [0.2, 0.25) is 5.91 Å². The minimum absolute atomic E-state index is 0.128. The fraction of sp³-hybridized carbons (Fsp3) is 0.286. The van der Waals surface area contributed by atoms with E-state index in [1.165, 1.54) is 11.8 Å². The Morgan fingerprint density at radius 1 is 1.21 bits per heavy atom. The number of nitrogens with zero attached hydrogens (tertiary/aromatic N) is 2. The lowest BCUT2D eigenvalue weighted by Gasteiger charge is -2.18. The van der Waals surface area contributed by atoms with Crippen molar-refractivity contribution < 1.29 is 9.53 Å². The highest BCUT2D eigenvalue weighted by molar-refractivity contribution is 7.99. The first-order valence-corrected chi connectivity index (χ1v) is 9.97. The van der Waals surface area contributed by atoms with E-state index < -0.39 is 0 Å². The standard InChI is InChI=1S/C21H23N3O3S/c1-14-8-10-16(11-9-14)22-19(25)13-28-21-23-18-7-5-4-6-17(18)20(26)24(21)15(2)12-27-3/h4-11,15H,12-13H2,1-3H3,(H,22,25)/t15-/m0/s1. The highest BCUT2D eigenvalue weighted by Crippen LogP contribution is 2.21. The summed E-state index contributed by atoms with van der Waals surface area (Å²) in [7, 11) is 1.60. The summed E-state index contributed by atoms with van der Waals surface area (Å²) in [4.78, 5) is 30.0. The number of hydrogen-bond donors (Lipinski definition) is 1. The molecule has 0 saturated heterocycles. The molecule has 3 aromatic rings. The number of aryl methyl sites for hydroxylation is 1. The summed E-state index contributed by atoms with van der Waals surface area (Å²) in [6.07, 6.45) is 0. The number of methoxy groups -OCH3 is 1. The van der Waals surface area contributed by atoms with Gasteiger partial charge in [-0.15, -0.1) is 0 Å². The number of anilines is 1. The lowest BCUT2D eigenvalue weighted by molar-refractivity contribution is -0.113. The van der Waals surface area contributed by atoms with Gasteiger partial charge in [0, 0.05) is 12.8 Å². The van der Waals surface area contributed by atoms with Crippen LogP contribution in [0, 0.1) is 6.92 Å². The number of aromatic nitrogens is 2. The van der Waals surface area contributed by atoms with Crippen molar-refractivity contribution in [3.8, 4) is 0 Å². The molecule has 0 fully saturated rings. The van der Waals surface area contributed by atoms with E-state index in [2.05, 4.69) is 10.3 Å². The van der Waals surface area contributed by atoms with Crippen LogP contribution < -0.4 is 10.9 Å². The molecule has 1 aromatic heterocycles. The van der Waals surface area contributed by atoms with Gasteiger partial charge in [-0.25, -0.2) is 4.98 Å². The molecule has 0 saturated carbocycles. The molecule has 0 aliphatic rings. The number of para-hydroxylation sites is 1. The molecule has 1 heterocycles. The van der Waals surface area contributed by atoms with E-state index in [-0.39, 0.29) is 23.3 Å². The van der Waals surface area contributed by atoms with E-state index in [9.17, 15) is 9.59 Å². The van der Waals surface area contributed by atoms with Crippen molar-refractivity contribution in [3.05, 3.63) is 64.4 Å². The molecule has 0 radical (unpaired) electrons. The maximum absolute atomic E-state index is 13.0. The maximum Gasteiger partial charge on any atom is 0.262 e. The molecule has 28 heavy (non-hydrogen) atoms. The first kappa shape index (κ1) is 20.1. The van der Waals surface area contributed by atoms with Crippen LogP contribution in [0.5, 0.6) is 0 Å². The summed E-state index contributed by atoms with van der Waals surface area (Å²) < 4.78 is 6.83. The number of rotatable bonds is 7. The molecule has 0 unspecified atom stereocenters. The molecule has 0 spiro atoms. The second-order valence-corrected chi connectivity index (χ2v) is 7.54. The van der Waals surface area contributed by atoms with Crippen molar-refractivity contribution in [2.45, 2.75) is 25.0 Å². The largest absolute Gasteiger partial charge is 0.383 e. The summed E-state index contributed by atoms with van der Waals surface area (Å²) in [6.45, 7) is 4.27. The minimum atomic E-state index is -0.197.